The predicted octanol–water partition coefficient (Wildman–Crippen LogP) is 3.38. The van der Waals surface area contributed by atoms with Crippen molar-refractivity contribution in [3.8, 4) is 11.3 Å². The van der Waals surface area contributed by atoms with Crippen LogP contribution in [0.5, 0.6) is 0 Å². The number of aromatic amines is 1. The second kappa shape index (κ2) is 3.86. The molecule has 2 nitrogen and oxygen atoms in total. The molecule has 0 fully saturated rings. The summed E-state index contributed by atoms with van der Waals surface area (Å²) in [5.41, 5.74) is 0.895. The van der Waals surface area contributed by atoms with Crippen LogP contribution >= 0.6 is 12.6 Å². The molecule has 0 aliphatic rings. The molecule has 84 valence electrons. The molecule has 0 bridgehead atoms. The van der Waals surface area contributed by atoms with E-state index in [9.17, 15) is 13.2 Å². The Kier molecular flexibility index (Phi) is 2.67. The van der Waals surface area contributed by atoms with E-state index in [1.54, 1.807) is 24.3 Å². The number of thiol groups is 1. The maximum atomic E-state index is 12.3. The van der Waals surface area contributed by atoms with Crippen molar-refractivity contribution in [3.63, 3.8) is 0 Å². The Labute approximate surface area is 94.9 Å². The van der Waals surface area contributed by atoms with Crippen molar-refractivity contribution >= 4 is 12.6 Å². The monoisotopic (exact) mass is 244 g/mol. The molecule has 16 heavy (non-hydrogen) atoms. The first-order valence-corrected chi connectivity index (χ1v) is 4.84. The number of halogens is 3. The smallest absolute Gasteiger partial charge is 0.334 e. The minimum atomic E-state index is -4.45. The third-order valence-electron chi connectivity index (χ3n) is 2.04. The molecule has 1 aromatic heterocycles. The van der Waals surface area contributed by atoms with E-state index in [0.29, 0.717) is 16.2 Å². The van der Waals surface area contributed by atoms with Crippen LogP contribution in [0, 0.1) is 0 Å². The third-order valence-corrected chi connectivity index (χ3v) is 2.43. The van der Waals surface area contributed by atoms with Gasteiger partial charge in [-0.3, -0.25) is 0 Å². The third kappa shape index (κ3) is 2.06. The topological polar surface area (TPSA) is 28.7 Å². The standard InChI is InChI=1S/C10H7F3N2S/c11-10(12,13)9-14-5-7(15-9)6-3-1-2-4-8(6)16/h1-5,16H,(H,14,15). The van der Waals surface area contributed by atoms with Gasteiger partial charge in [0.2, 0.25) is 5.82 Å². The Bertz CT molecular complexity index is 505. The van der Waals surface area contributed by atoms with E-state index in [0.717, 1.165) is 6.20 Å². The molecular formula is C10H7F3N2S. The molecule has 2 aromatic rings. The van der Waals surface area contributed by atoms with Crippen LogP contribution in [0.25, 0.3) is 11.3 Å². The van der Waals surface area contributed by atoms with E-state index in [1.165, 1.54) is 0 Å². The fourth-order valence-corrected chi connectivity index (χ4v) is 1.58. The number of alkyl halides is 3. The van der Waals surface area contributed by atoms with Gasteiger partial charge in [-0.15, -0.1) is 12.6 Å². The first-order valence-electron chi connectivity index (χ1n) is 4.39. The molecule has 1 N–H and O–H groups in total. The van der Waals surface area contributed by atoms with Crippen molar-refractivity contribution in [3.05, 3.63) is 36.3 Å². The number of imidazole rings is 1. The van der Waals surface area contributed by atoms with Crippen LogP contribution in [-0.4, -0.2) is 9.97 Å². The lowest BCUT2D eigenvalue weighted by Gasteiger charge is -2.02. The number of benzene rings is 1. The number of hydrogen-bond acceptors (Lipinski definition) is 2. The highest BCUT2D eigenvalue weighted by Gasteiger charge is 2.34. The van der Waals surface area contributed by atoms with Gasteiger partial charge in [-0.05, 0) is 6.07 Å². The minimum Gasteiger partial charge on any atom is -0.334 e. The zero-order valence-electron chi connectivity index (χ0n) is 7.92. The van der Waals surface area contributed by atoms with Gasteiger partial charge in [0, 0.05) is 10.5 Å². The number of hydrogen-bond donors (Lipinski definition) is 2. The molecule has 0 aliphatic heterocycles. The molecule has 1 aromatic carbocycles. The molecule has 0 radical (unpaired) electrons. The summed E-state index contributed by atoms with van der Waals surface area (Å²) in [4.78, 5) is 6.11. The van der Waals surface area contributed by atoms with Crippen molar-refractivity contribution in [1.82, 2.24) is 9.97 Å². The van der Waals surface area contributed by atoms with Crippen molar-refractivity contribution in [1.29, 1.82) is 0 Å². The Morgan fingerprint density at radius 1 is 1.19 bits per heavy atom. The van der Waals surface area contributed by atoms with E-state index in [2.05, 4.69) is 22.6 Å². The lowest BCUT2D eigenvalue weighted by atomic mass is 10.2. The summed E-state index contributed by atoms with van der Waals surface area (Å²) in [6, 6.07) is 6.86. The van der Waals surface area contributed by atoms with Gasteiger partial charge in [-0.1, -0.05) is 18.2 Å². The van der Waals surface area contributed by atoms with E-state index >= 15 is 0 Å². The molecule has 6 heteroatoms. The summed E-state index contributed by atoms with van der Waals surface area (Å²) in [7, 11) is 0. The molecule has 0 spiro atoms. The number of nitrogens with zero attached hydrogens (tertiary/aromatic N) is 1. The van der Waals surface area contributed by atoms with Crippen LogP contribution in [0.1, 0.15) is 5.82 Å². The van der Waals surface area contributed by atoms with Gasteiger partial charge >= 0.3 is 6.18 Å². The lowest BCUT2D eigenvalue weighted by molar-refractivity contribution is -0.144. The fraction of sp³-hybridized carbons (Fsp3) is 0.100. The van der Waals surface area contributed by atoms with E-state index in [1.807, 2.05) is 0 Å². The number of nitrogens with one attached hydrogen (secondary N) is 1. The van der Waals surface area contributed by atoms with Gasteiger partial charge in [-0.25, -0.2) is 4.98 Å². The van der Waals surface area contributed by atoms with Crippen molar-refractivity contribution in [2.45, 2.75) is 11.1 Å². The highest BCUT2D eigenvalue weighted by atomic mass is 32.1. The molecule has 0 amide bonds. The lowest BCUT2D eigenvalue weighted by Crippen LogP contribution is -2.07. The van der Waals surface area contributed by atoms with Gasteiger partial charge in [0.05, 0.1) is 11.9 Å². The molecule has 0 saturated carbocycles. The van der Waals surface area contributed by atoms with Crippen molar-refractivity contribution < 1.29 is 13.2 Å². The summed E-state index contributed by atoms with van der Waals surface area (Å²) < 4.78 is 36.9. The van der Waals surface area contributed by atoms with E-state index in [-0.39, 0.29) is 0 Å². The molecular weight excluding hydrogens is 237 g/mol. The van der Waals surface area contributed by atoms with Gasteiger partial charge in [-0.2, -0.15) is 13.2 Å². The quantitative estimate of drug-likeness (QED) is 0.740. The molecule has 0 saturated heterocycles. The zero-order chi connectivity index (χ0) is 11.8. The van der Waals surface area contributed by atoms with Crippen LogP contribution < -0.4 is 0 Å². The number of aromatic nitrogens is 2. The Hall–Kier alpha value is -1.43. The Balaban J connectivity index is 2.44. The normalized spacial score (nSPS) is 11.8. The van der Waals surface area contributed by atoms with Gasteiger partial charge in [0.1, 0.15) is 0 Å². The number of rotatable bonds is 1. The predicted molar refractivity (Wildman–Crippen MR) is 56.3 cm³/mol. The summed E-state index contributed by atoms with van der Waals surface area (Å²) in [6.07, 6.45) is -3.30. The summed E-state index contributed by atoms with van der Waals surface area (Å²) in [6.45, 7) is 0. The Morgan fingerprint density at radius 2 is 1.88 bits per heavy atom. The second-order valence-electron chi connectivity index (χ2n) is 3.16. The maximum absolute atomic E-state index is 12.3. The van der Waals surface area contributed by atoms with E-state index < -0.39 is 12.0 Å². The van der Waals surface area contributed by atoms with Crippen molar-refractivity contribution in [2.24, 2.45) is 0 Å². The van der Waals surface area contributed by atoms with Crippen LogP contribution in [-0.2, 0) is 6.18 Å². The maximum Gasteiger partial charge on any atom is 0.449 e. The molecule has 0 aliphatic carbocycles. The molecule has 0 unspecified atom stereocenters. The first-order chi connectivity index (χ1) is 7.48. The number of H-pyrrole nitrogens is 1. The van der Waals surface area contributed by atoms with Crippen LogP contribution in [0.3, 0.4) is 0 Å². The molecule has 2 rings (SSSR count). The Morgan fingerprint density at radius 3 is 2.44 bits per heavy atom. The molecule has 1 heterocycles. The summed E-state index contributed by atoms with van der Waals surface area (Å²) in [5, 5.41) is 0. The van der Waals surface area contributed by atoms with Crippen LogP contribution in [0.2, 0.25) is 0 Å². The first kappa shape index (κ1) is 11.1. The summed E-state index contributed by atoms with van der Waals surface area (Å²) in [5.74, 6) is -1.00. The van der Waals surface area contributed by atoms with Gasteiger partial charge < -0.3 is 4.98 Å². The van der Waals surface area contributed by atoms with Gasteiger partial charge in [0.15, 0.2) is 0 Å². The fourth-order valence-electron chi connectivity index (χ4n) is 1.30. The average molecular weight is 244 g/mol. The zero-order valence-corrected chi connectivity index (χ0v) is 8.81. The second-order valence-corrected chi connectivity index (χ2v) is 3.64. The average Bonchev–Trinajstić information content (AvgIpc) is 2.66. The van der Waals surface area contributed by atoms with Crippen LogP contribution in [0.4, 0.5) is 13.2 Å². The summed E-state index contributed by atoms with van der Waals surface area (Å²) >= 11 is 4.16. The highest BCUT2D eigenvalue weighted by Crippen LogP contribution is 2.30. The minimum absolute atomic E-state index is 0.304. The SMILES string of the molecule is FC(F)(F)c1ncc(-c2ccccc2S)[nH]1. The van der Waals surface area contributed by atoms with Crippen molar-refractivity contribution in [2.75, 3.05) is 0 Å². The van der Waals surface area contributed by atoms with E-state index in [4.69, 9.17) is 0 Å². The van der Waals surface area contributed by atoms with Gasteiger partial charge in [0.25, 0.3) is 0 Å². The van der Waals surface area contributed by atoms with Crippen LogP contribution in [0.15, 0.2) is 35.4 Å². The largest absolute Gasteiger partial charge is 0.449 e. The molecule has 0 atom stereocenters. The highest BCUT2D eigenvalue weighted by molar-refractivity contribution is 7.80.